The van der Waals surface area contributed by atoms with Crippen molar-refractivity contribution in [2.45, 2.75) is 50.0 Å². The summed E-state index contributed by atoms with van der Waals surface area (Å²) in [5, 5.41) is 1.64. The van der Waals surface area contributed by atoms with Crippen LogP contribution in [0.5, 0.6) is 0 Å². The summed E-state index contributed by atoms with van der Waals surface area (Å²) in [7, 11) is 0. The molecule has 3 aliphatic rings. The molecule has 1 aliphatic heterocycles. The summed E-state index contributed by atoms with van der Waals surface area (Å²) < 4.78 is 0. The highest BCUT2D eigenvalue weighted by Gasteiger charge is 2.40. The average molecular weight is 246 g/mol. The second kappa shape index (κ2) is 4.68. The first kappa shape index (κ1) is 11.6. The van der Waals surface area contributed by atoms with Gasteiger partial charge in [-0.25, -0.2) is 0 Å². The highest BCUT2D eigenvalue weighted by Crippen LogP contribution is 2.50. The molecule has 1 heteroatoms. The molecule has 0 aromatic carbocycles. The summed E-state index contributed by atoms with van der Waals surface area (Å²) in [6.07, 6.45) is 15.0. The maximum absolute atomic E-state index is 2.61. The summed E-state index contributed by atoms with van der Waals surface area (Å²) in [5.41, 5.74) is 3.15. The first-order valence-corrected chi connectivity index (χ1v) is 7.98. The van der Waals surface area contributed by atoms with Gasteiger partial charge >= 0.3 is 0 Å². The zero-order chi connectivity index (χ0) is 11.8. The molecular formula is C16H22S. The van der Waals surface area contributed by atoms with Gasteiger partial charge < -0.3 is 0 Å². The van der Waals surface area contributed by atoms with Gasteiger partial charge in [0.05, 0.1) is 0 Å². The molecule has 0 spiro atoms. The van der Waals surface area contributed by atoms with Crippen LogP contribution in [0.25, 0.3) is 0 Å². The summed E-state index contributed by atoms with van der Waals surface area (Å²) in [4.78, 5) is 0. The highest BCUT2D eigenvalue weighted by atomic mass is 32.2. The summed E-state index contributed by atoms with van der Waals surface area (Å²) >= 11 is 2.23. The molecule has 0 saturated carbocycles. The Balaban J connectivity index is 1.85. The van der Waals surface area contributed by atoms with E-state index >= 15 is 0 Å². The molecule has 17 heavy (non-hydrogen) atoms. The van der Waals surface area contributed by atoms with Crippen molar-refractivity contribution in [3.05, 3.63) is 35.5 Å². The van der Waals surface area contributed by atoms with E-state index in [0.717, 1.165) is 22.3 Å². The fourth-order valence-electron chi connectivity index (χ4n) is 3.43. The highest BCUT2D eigenvalue weighted by molar-refractivity contribution is 8.01. The van der Waals surface area contributed by atoms with E-state index in [0.29, 0.717) is 0 Å². The maximum atomic E-state index is 2.61. The molecule has 0 amide bonds. The number of hydrogen-bond acceptors (Lipinski definition) is 1. The number of fused-ring (bicyclic) bond motifs is 2. The van der Waals surface area contributed by atoms with Crippen molar-refractivity contribution in [3.63, 3.8) is 0 Å². The monoisotopic (exact) mass is 246 g/mol. The molecule has 0 N–H and O–H groups in total. The van der Waals surface area contributed by atoms with Crippen molar-refractivity contribution in [2.24, 2.45) is 11.8 Å². The topological polar surface area (TPSA) is 0 Å². The van der Waals surface area contributed by atoms with Crippen LogP contribution in [0.1, 0.15) is 39.5 Å². The van der Waals surface area contributed by atoms with Crippen LogP contribution in [0.3, 0.4) is 0 Å². The molecule has 92 valence electrons. The Kier molecular flexibility index (Phi) is 3.21. The number of hydrogen-bond donors (Lipinski definition) is 0. The van der Waals surface area contributed by atoms with Gasteiger partial charge in [-0.15, -0.1) is 0 Å². The Morgan fingerprint density at radius 3 is 3.06 bits per heavy atom. The normalized spacial score (nSPS) is 39.4. The summed E-state index contributed by atoms with van der Waals surface area (Å²) in [5.74, 6) is 1.67. The van der Waals surface area contributed by atoms with Crippen molar-refractivity contribution in [2.75, 3.05) is 0 Å². The third kappa shape index (κ3) is 2.03. The SMILES string of the molecule is CCCC1SC2C=C3C=CCCC3=CC2C1C. The fraction of sp³-hybridized carbons (Fsp3) is 0.625. The van der Waals surface area contributed by atoms with E-state index in [4.69, 9.17) is 0 Å². The molecule has 4 unspecified atom stereocenters. The van der Waals surface area contributed by atoms with Gasteiger partial charge in [0.2, 0.25) is 0 Å². The minimum absolute atomic E-state index is 0.753. The molecular weight excluding hydrogens is 224 g/mol. The Hall–Kier alpha value is -0.430. The van der Waals surface area contributed by atoms with Crippen LogP contribution in [-0.4, -0.2) is 10.5 Å². The van der Waals surface area contributed by atoms with Gasteiger partial charge in [0.15, 0.2) is 0 Å². The average Bonchev–Trinajstić information content (AvgIpc) is 2.64. The first-order valence-electron chi connectivity index (χ1n) is 7.04. The summed E-state index contributed by atoms with van der Waals surface area (Å²) in [6.45, 7) is 4.78. The lowest BCUT2D eigenvalue weighted by atomic mass is 9.79. The van der Waals surface area contributed by atoms with E-state index in [2.05, 4.69) is 49.9 Å². The van der Waals surface area contributed by atoms with Gasteiger partial charge in [0.25, 0.3) is 0 Å². The van der Waals surface area contributed by atoms with Crippen molar-refractivity contribution < 1.29 is 0 Å². The Bertz CT molecular complexity index is 388. The Morgan fingerprint density at radius 1 is 1.35 bits per heavy atom. The lowest BCUT2D eigenvalue weighted by Gasteiger charge is -2.26. The molecule has 2 aliphatic carbocycles. The van der Waals surface area contributed by atoms with Crippen LogP contribution in [0.4, 0.5) is 0 Å². The smallest absolute Gasteiger partial charge is 0.0304 e. The van der Waals surface area contributed by atoms with Crippen molar-refractivity contribution in [1.82, 2.24) is 0 Å². The van der Waals surface area contributed by atoms with Crippen molar-refractivity contribution in [3.8, 4) is 0 Å². The van der Waals surface area contributed by atoms with Crippen LogP contribution < -0.4 is 0 Å². The van der Waals surface area contributed by atoms with Gasteiger partial charge in [-0.2, -0.15) is 11.8 Å². The second-order valence-electron chi connectivity index (χ2n) is 5.62. The molecule has 0 nitrogen and oxygen atoms in total. The lowest BCUT2D eigenvalue weighted by molar-refractivity contribution is 0.433. The molecule has 1 fully saturated rings. The lowest BCUT2D eigenvalue weighted by Crippen LogP contribution is -2.20. The predicted molar refractivity (Wildman–Crippen MR) is 77.3 cm³/mol. The molecule has 0 aromatic heterocycles. The molecule has 0 aromatic rings. The molecule has 0 radical (unpaired) electrons. The number of rotatable bonds is 2. The van der Waals surface area contributed by atoms with E-state index in [1.807, 2.05) is 0 Å². The minimum atomic E-state index is 0.753. The Morgan fingerprint density at radius 2 is 2.24 bits per heavy atom. The Labute approximate surface area is 109 Å². The molecule has 1 heterocycles. The summed E-state index contributed by atoms with van der Waals surface area (Å²) in [6, 6.07) is 0. The second-order valence-corrected chi connectivity index (χ2v) is 7.04. The van der Waals surface area contributed by atoms with E-state index in [-0.39, 0.29) is 0 Å². The van der Waals surface area contributed by atoms with Crippen LogP contribution in [-0.2, 0) is 0 Å². The van der Waals surface area contributed by atoms with E-state index in [9.17, 15) is 0 Å². The van der Waals surface area contributed by atoms with E-state index in [1.165, 1.54) is 31.3 Å². The number of allylic oxidation sites excluding steroid dienone is 5. The zero-order valence-corrected chi connectivity index (χ0v) is 11.7. The first-order chi connectivity index (χ1) is 8.29. The van der Waals surface area contributed by atoms with E-state index in [1.54, 1.807) is 5.57 Å². The number of thioether (sulfide) groups is 1. The molecule has 0 bridgehead atoms. The largest absolute Gasteiger partial charge is 0.150 e. The molecule has 1 saturated heterocycles. The minimum Gasteiger partial charge on any atom is -0.150 e. The maximum Gasteiger partial charge on any atom is 0.0304 e. The van der Waals surface area contributed by atoms with Gasteiger partial charge in [-0.1, -0.05) is 44.6 Å². The van der Waals surface area contributed by atoms with Gasteiger partial charge in [0.1, 0.15) is 0 Å². The van der Waals surface area contributed by atoms with Crippen LogP contribution in [0.15, 0.2) is 35.5 Å². The zero-order valence-electron chi connectivity index (χ0n) is 10.9. The van der Waals surface area contributed by atoms with Crippen LogP contribution in [0, 0.1) is 11.8 Å². The fourth-order valence-corrected chi connectivity index (χ4v) is 5.37. The third-order valence-corrected chi connectivity index (χ3v) is 6.24. The van der Waals surface area contributed by atoms with Crippen molar-refractivity contribution >= 4 is 11.8 Å². The van der Waals surface area contributed by atoms with Gasteiger partial charge in [0, 0.05) is 10.5 Å². The quantitative estimate of drug-likeness (QED) is 0.678. The van der Waals surface area contributed by atoms with Crippen LogP contribution in [0.2, 0.25) is 0 Å². The van der Waals surface area contributed by atoms with Gasteiger partial charge in [-0.3, -0.25) is 0 Å². The predicted octanol–water partition coefficient (Wildman–Crippen LogP) is 4.74. The van der Waals surface area contributed by atoms with E-state index < -0.39 is 0 Å². The third-order valence-electron chi connectivity index (χ3n) is 4.46. The van der Waals surface area contributed by atoms with Gasteiger partial charge in [-0.05, 0) is 42.2 Å². The van der Waals surface area contributed by atoms with Crippen LogP contribution >= 0.6 is 11.8 Å². The molecule has 4 atom stereocenters. The van der Waals surface area contributed by atoms with Crippen molar-refractivity contribution in [1.29, 1.82) is 0 Å². The standard InChI is InChI=1S/C16H22S/c1-3-6-15-11(2)14-9-12-7-4-5-8-13(12)10-16(14)17-15/h5,8-11,14-16H,3-4,6-7H2,1-2H3. The molecule has 3 rings (SSSR count).